The van der Waals surface area contributed by atoms with Gasteiger partial charge >= 0.3 is 0 Å². The minimum absolute atomic E-state index is 0.456. The van der Waals surface area contributed by atoms with Gasteiger partial charge in [0.2, 0.25) is 5.24 Å². The Morgan fingerprint density at radius 3 is 2.20 bits per heavy atom. The van der Waals surface area contributed by atoms with E-state index < -0.39 is 10.5 Å². The lowest BCUT2D eigenvalue weighted by molar-refractivity contribution is -0.107. The molecular weight excluding hydrogens is 235 g/mol. The van der Waals surface area contributed by atoms with Gasteiger partial charge in [-0.15, -0.1) is 0 Å². The van der Waals surface area contributed by atoms with E-state index in [1.807, 2.05) is 0 Å². The third kappa shape index (κ3) is 4.28. The van der Waals surface area contributed by atoms with Crippen molar-refractivity contribution >= 4 is 33.7 Å². The zero-order chi connectivity index (χ0) is 11.3. The summed E-state index contributed by atoms with van der Waals surface area (Å²) in [6.07, 6.45) is 3.55. The first-order valence-corrected chi connectivity index (χ1v) is 5.00. The fraction of sp³-hybridized carbons (Fsp3) is 0.0909. The first kappa shape index (κ1) is 12.0. The Morgan fingerprint density at radius 2 is 1.73 bits per heavy atom. The second kappa shape index (κ2) is 5.69. The number of halogens is 2. The van der Waals surface area contributed by atoms with Crippen LogP contribution < -0.4 is 0 Å². The van der Waals surface area contributed by atoms with Crippen LogP contribution in [0.25, 0.3) is 0 Å². The predicted molar refractivity (Wildman–Crippen MR) is 60.3 cm³/mol. The molecule has 0 heterocycles. The van der Waals surface area contributed by atoms with Crippen molar-refractivity contribution in [3.8, 4) is 0 Å². The van der Waals surface area contributed by atoms with Crippen molar-refractivity contribution in [3.05, 3.63) is 47.5 Å². The number of rotatable bonds is 4. The Labute approximate surface area is 97.5 Å². The largest absolute Gasteiger partial charge is 0.276 e. The van der Waals surface area contributed by atoms with Gasteiger partial charge in [-0.1, -0.05) is 18.2 Å². The van der Waals surface area contributed by atoms with Crippen molar-refractivity contribution in [3.63, 3.8) is 0 Å². The van der Waals surface area contributed by atoms with Crippen molar-refractivity contribution in [2.75, 3.05) is 0 Å². The van der Waals surface area contributed by atoms with Gasteiger partial charge < -0.3 is 0 Å². The lowest BCUT2D eigenvalue weighted by Crippen LogP contribution is -1.89. The second-order valence-electron chi connectivity index (χ2n) is 2.88. The smallest absolute Gasteiger partial charge is 0.252 e. The van der Waals surface area contributed by atoms with E-state index in [0.29, 0.717) is 12.0 Å². The van der Waals surface area contributed by atoms with E-state index >= 15 is 0 Å². The van der Waals surface area contributed by atoms with E-state index in [9.17, 15) is 9.59 Å². The summed E-state index contributed by atoms with van der Waals surface area (Å²) in [7, 11) is 0. The Balaban J connectivity index is 2.65. The molecule has 0 bridgehead atoms. The van der Waals surface area contributed by atoms with Gasteiger partial charge in [-0.2, -0.15) is 0 Å². The molecule has 15 heavy (non-hydrogen) atoms. The van der Waals surface area contributed by atoms with Crippen LogP contribution in [0.3, 0.4) is 0 Å². The zero-order valence-electron chi connectivity index (χ0n) is 7.74. The third-order valence-electron chi connectivity index (χ3n) is 1.78. The third-order valence-corrected chi connectivity index (χ3v) is 2.13. The summed E-state index contributed by atoms with van der Waals surface area (Å²) in [5.41, 5.74) is 1.43. The highest BCUT2D eigenvalue weighted by Crippen LogP contribution is 2.08. The number of carbonyl (C=O) groups excluding carboxylic acids is 2. The van der Waals surface area contributed by atoms with Crippen molar-refractivity contribution in [1.29, 1.82) is 0 Å². The molecule has 0 atom stereocenters. The minimum atomic E-state index is -0.498. The van der Waals surface area contributed by atoms with Gasteiger partial charge in [0, 0.05) is 5.56 Å². The van der Waals surface area contributed by atoms with Crippen molar-refractivity contribution in [2.24, 2.45) is 0 Å². The molecule has 78 valence electrons. The molecule has 0 radical (unpaired) electrons. The maximum Gasteiger partial charge on any atom is 0.252 e. The molecule has 1 aromatic rings. The molecule has 0 N–H and O–H groups in total. The van der Waals surface area contributed by atoms with Crippen LogP contribution in [0.15, 0.2) is 36.4 Å². The summed E-state index contributed by atoms with van der Waals surface area (Å²) in [5.74, 6) is 0. The highest BCUT2D eigenvalue weighted by atomic mass is 35.5. The first-order valence-electron chi connectivity index (χ1n) is 4.24. The maximum atomic E-state index is 10.7. The number of carbonyl (C=O) groups is 2. The molecule has 1 aromatic carbocycles. The monoisotopic (exact) mass is 242 g/mol. The molecule has 1 rings (SSSR count). The normalized spacial score (nSPS) is 10.5. The Kier molecular flexibility index (Phi) is 4.53. The average molecular weight is 243 g/mol. The molecule has 0 saturated carbocycles. The lowest BCUT2D eigenvalue weighted by Gasteiger charge is -1.97. The molecule has 0 aliphatic rings. The van der Waals surface area contributed by atoms with E-state index in [2.05, 4.69) is 0 Å². The van der Waals surface area contributed by atoms with Crippen LogP contribution in [0, 0.1) is 0 Å². The summed E-state index contributed by atoms with van der Waals surface area (Å²) >= 11 is 10.4. The average Bonchev–Trinajstić information content (AvgIpc) is 2.18. The van der Waals surface area contributed by atoms with Gasteiger partial charge in [-0.3, -0.25) is 9.59 Å². The molecule has 0 aliphatic carbocycles. The van der Waals surface area contributed by atoms with Crippen LogP contribution in [0.2, 0.25) is 0 Å². The van der Waals surface area contributed by atoms with E-state index in [1.165, 1.54) is 6.08 Å². The number of benzene rings is 1. The highest BCUT2D eigenvalue weighted by molar-refractivity contribution is 6.67. The van der Waals surface area contributed by atoms with Gasteiger partial charge in [0.1, 0.15) is 0 Å². The van der Waals surface area contributed by atoms with E-state index in [-0.39, 0.29) is 0 Å². The lowest BCUT2D eigenvalue weighted by atomic mass is 10.1. The fourth-order valence-electron chi connectivity index (χ4n) is 1.06. The van der Waals surface area contributed by atoms with E-state index in [0.717, 1.165) is 5.56 Å². The zero-order valence-corrected chi connectivity index (χ0v) is 9.26. The summed E-state index contributed by atoms with van der Waals surface area (Å²) in [5, 5.41) is -0.976. The summed E-state index contributed by atoms with van der Waals surface area (Å²) in [6, 6.07) is 6.83. The number of allylic oxidation sites excluding steroid dienone is 2. The molecule has 0 spiro atoms. The molecule has 0 aromatic heterocycles. The minimum Gasteiger partial charge on any atom is -0.276 e. The van der Waals surface area contributed by atoms with E-state index in [4.69, 9.17) is 23.2 Å². The van der Waals surface area contributed by atoms with Crippen molar-refractivity contribution in [2.45, 2.75) is 6.42 Å². The number of hydrogen-bond acceptors (Lipinski definition) is 2. The van der Waals surface area contributed by atoms with Crippen LogP contribution in [0.4, 0.5) is 0 Å². The quantitative estimate of drug-likeness (QED) is 0.601. The SMILES string of the molecule is O=C(Cl)C=CCc1ccc(C(=O)Cl)cc1. The molecule has 0 aliphatic heterocycles. The van der Waals surface area contributed by atoms with Crippen molar-refractivity contribution in [1.82, 2.24) is 0 Å². The predicted octanol–water partition coefficient (Wildman–Crippen LogP) is 2.93. The Bertz CT molecular complexity index is 394. The molecule has 4 heteroatoms. The maximum absolute atomic E-state index is 10.7. The fourth-order valence-corrected chi connectivity index (χ4v) is 1.27. The molecule has 0 amide bonds. The van der Waals surface area contributed by atoms with E-state index in [1.54, 1.807) is 30.3 Å². The summed E-state index contributed by atoms with van der Waals surface area (Å²) in [6.45, 7) is 0. The van der Waals surface area contributed by atoms with Gasteiger partial charge in [0.05, 0.1) is 0 Å². The van der Waals surface area contributed by atoms with Crippen molar-refractivity contribution < 1.29 is 9.59 Å². The van der Waals surface area contributed by atoms with Crippen LogP contribution >= 0.6 is 23.2 Å². The summed E-state index contributed by atoms with van der Waals surface area (Å²) in [4.78, 5) is 21.1. The molecule has 0 fully saturated rings. The summed E-state index contributed by atoms with van der Waals surface area (Å²) < 4.78 is 0. The first-order chi connectivity index (χ1) is 7.09. The molecular formula is C11H8Cl2O2. The second-order valence-corrected chi connectivity index (χ2v) is 3.60. The highest BCUT2D eigenvalue weighted by Gasteiger charge is 1.99. The van der Waals surface area contributed by atoms with Crippen LogP contribution in [-0.4, -0.2) is 10.5 Å². The van der Waals surface area contributed by atoms with Gasteiger partial charge in [0.25, 0.3) is 5.24 Å². The van der Waals surface area contributed by atoms with Crippen LogP contribution in [-0.2, 0) is 11.2 Å². The molecule has 0 saturated heterocycles. The molecule has 2 nitrogen and oxygen atoms in total. The van der Waals surface area contributed by atoms with Gasteiger partial charge in [-0.05, 0) is 53.4 Å². The van der Waals surface area contributed by atoms with Gasteiger partial charge in [0.15, 0.2) is 0 Å². The topological polar surface area (TPSA) is 34.1 Å². The standard InChI is InChI=1S/C11H8Cl2O2/c12-10(14)3-1-2-8-4-6-9(7-5-8)11(13)15/h1,3-7H,2H2. The Hall–Kier alpha value is -1.12. The Morgan fingerprint density at radius 1 is 1.13 bits per heavy atom. The number of hydrogen-bond donors (Lipinski definition) is 0. The molecule has 0 unspecified atom stereocenters. The van der Waals surface area contributed by atoms with Gasteiger partial charge in [-0.25, -0.2) is 0 Å². The van der Waals surface area contributed by atoms with Crippen LogP contribution in [0.5, 0.6) is 0 Å². The van der Waals surface area contributed by atoms with Crippen LogP contribution in [0.1, 0.15) is 15.9 Å².